The highest BCUT2D eigenvalue weighted by atomic mass is 16.5. The van der Waals surface area contributed by atoms with E-state index in [1.165, 1.54) is 0 Å². The molecule has 2 saturated heterocycles. The Morgan fingerprint density at radius 3 is 2.75 bits per heavy atom. The van der Waals surface area contributed by atoms with E-state index in [0.717, 1.165) is 25.0 Å². The lowest BCUT2D eigenvalue weighted by molar-refractivity contribution is 0.0943. The number of likely N-dealkylation sites (tertiary alicyclic amines) is 1. The minimum atomic E-state index is -0.263. The second-order valence-corrected chi connectivity index (χ2v) is 7.13. The van der Waals surface area contributed by atoms with Gasteiger partial charge in [-0.1, -0.05) is 35.5 Å². The second-order valence-electron chi connectivity index (χ2n) is 7.13. The number of benzene rings is 1. The number of nitrogens with one attached hydrogen (secondary N) is 2. The lowest BCUT2D eigenvalue weighted by Gasteiger charge is -2.38. The van der Waals surface area contributed by atoms with Crippen LogP contribution in [-0.2, 0) is 11.3 Å². The summed E-state index contributed by atoms with van der Waals surface area (Å²) in [6, 6.07) is 9.63. The molecule has 2 aromatic rings. The molecule has 4 rings (SSSR count). The minimum Gasteiger partial charge on any atom is -0.376 e. The maximum absolute atomic E-state index is 12.2. The number of carbonyl (C=O) groups excluding carboxylic acids is 2. The molecule has 1 aromatic carbocycles. The van der Waals surface area contributed by atoms with E-state index < -0.39 is 0 Å². The third kappa shape index (κ3) is 4.30. The normalized spacial score (nSPS) is 19.3. The van der Waals surface area contributed by atoms with E-state index in [2.05, 4.69) is 20.9 Å². The van der Waals surface area contributed by atoms with Crippen LogP contribution >= 0.6 is 0 Å². The van der Waals surface area contributed by atoms with Gasteiger partial charge in [-0.3, -0.25) is 4.79 Å². The van der Waals surface area contributed by atoms with Crippen LogP contribution in [0.15, 0.2) is 36.5 Å². The number of ether oxygens (including phenoxy) is 1. The third-order valence-corrected chi connectivity index (χ3v) is 5.07. The molecule has 0 aliphatic carbocycles. The Morgan fingerprint density at radius 1 is 1.18 bits per heavy atom. The second kappa shape index (κ2) is 8.39. The van der Waals surface area contributed by atoms with Crippen molar-refractivity contribution in [2.75, 3.05) is 26.2 Å². The Balaban J connectivity index is 1.21. The van der Waals surface area contributed by atoms with E-state index >= 15 is 0 Å². The summed E-state index contributed by atoms with van der Waals surface area (Å²) in [6.07, 6.45) is 3.82. The van der Waals surface area contributed by atoms with Crippen LogP contribution < -0.4 is 10.6 Å². The quantitative estimate of drug-likeness (QED) is 0.772. The van der Waals surface area contributed by atoms with Crippen molar-refractivity contribution < 1.29 is 14.3 Å². The van der Waals surface area contributed by atoms with E-state index in [-0.39, 0.29) is 29.8 Å². The van der Waals surface area contributed by atoms with E-state index in [0.29, 0.717) is 26.2 Å². The molecule has 2 fully saturated rings. The third-order valence-electron chi connectivity index (χ3n) is 5.07. The van der Waals surface area contributed by atoms with Crippen LogP contribution in [0, 0.1) is 0 Å². The van der Waals surface area contributed by atoms with Crippen LogP contribution in [0.5, 0.6) is 0 Å². The summed E-state index contributed by atoms with van der Waals surface area (Å²) < 4.78 is 7.16. The zero-order valence-corrected chi connectivity index (χ0v) is 15.6. The smallest absolute Gasteiger partial charge is 0.317 e. The lowest BCUT2D eigenvalue weighted by Crippen LogP contribution is -2.55. The minimum absolute atomic E-state index is 0.0386. The van der Waals surface area contributed by atoms with E-state index in [1.807, 2.05) is 30.3 Å². The maximum atomic E-state index is 12.2. The van der Waals surface area contributed by atoms with Crippen molar-refractivity contribution >= 4 is 11.9 Å². The molecule has 1 unspecified atom stereocenters. The van der Waals surface area contributed by atoms with Gasteiger partial charge in [0.2, 0.25) is 0 Å². The first kappa shape index (κ1) is 18.4. The summed E-state index contributed by atoms with van der Waals surface area (Å²) in [5.74, 6) is -0.263. The standard InChI is InChI=1S/C19H24N6O3/c26-18(20-9-14-5-2-1-3-6-14)17-13-25(23-22-17)15-11-24(12-15)19(27)21-10-16-7-4-8-28-16/h1-3,5-6,13,15-16H,4,7-12H2,(H,20,26)(H,21,27). The summed E-state index contributed by atoms with van der Waals surface area (Å²) >= 11 is 0. The van der Waals surface area contributed by atoms with Crippen LogP contribution in [0.2, 0.25) is 0 Å². The van der Waals surface area contributed by atoms with Crippen molar-refractivity contribution in [3.8, 4) is 0 Å². The molecule has 28 heavy (non-hydrogen) atoms. The molecule has 9 heteroatoms. The van der Waals surface area contributed by atoms with Gasteiger partial charge in [-0.15, -0.1) is 5.10 Å². The molecule has 1 aromatic heterocycles. The molecular formula is C19H24N6O3. The van der Waals surface area contributed by atoms with Crippen molar-refractivity contribution in [2.24, 2.45) is 0 Å². The van der Waals surface area contributed by atoms with Crippen molar-refractivity contribution in [3.63, 3.8) is 0 Å². The zero-order chi connectivity index (χ0) is 19.3. The van der Waals surface area contributed by atoms with Gasteiger partial charge in [-0.05, 0) is 18.4 Å². The molecule has 3 heterocycles. The van der Waals surface area contributed by atoms with Gasteiger partial charge in [-0.2, -0.15) is 0 Å². The van der Waals surface area contributed by atoms with Crippen LogP contribution in [0.4, 0.5) is 4.79 Å². The van der Waals surface area contributed by atoms with Crippen molar-refractivity contribution in [2.45, 2.75) is 31.5 Å². The average molecular weight is 384 g/mol. The predicted octanol–water partition coefficient (Wildman–Crippen LogP) is 0.953. The Bertz CT molecular complexity index is 812. The molecule has 3 amide bonds. The molecule has 0 saturated carbocycles. The number of amides is 3. The van der Waals surface area contributed by atoms with Crippen LogP contribution in [0.25, 0.3) is 0 Å². The van der Waals surface area contributed by atoms with Gasteiger partial charge in [-0.25, -0.2) is 9.48 Å². The Labute approximate surface area is 163 Å². The first-order valence-electron chi connectivity index (χ1n) is 9.57. The maximum Gasteiger partial charge on any atom is 0.317 e. The summed E-state index contributed by atoms with van der Waals surface area (Å²) in [7, 11) is 0. The highest BCUT2D eigenvalue weighted by Gasteiger charge is 2.33. The Morgan fingerprint density at radius 2 is 2.00 bits per heavy atom. The van der Waals surface area contributed by atoms with Crippen LogP contribution in [-0.4, -0.2) is 64.2 Å². The molecule has 2 aliphatic rings. The average Bonchev–Trinajstić information content (AvgIpc) is 3.36. The predicted molar refractivity (Wildman–Crippen MR) is 101 cm³/mol. The van der Waals surface area contributed by atoms with Gasteiger partial charge in [0.05, 0.1) is 18.3 Å². The van der Waals surface area contributed by atoms with E-state index in [1.54, 1.807) is 15.8 Å². The molecule has 148 valence electrons. The van der Waals surface area contributed by atoms with Crippen molar-refractivity contribution in [3.05, 3.63) is 47.8 Å². The number of hydrogen-bond donors (Lipinski definition) is 2. The molecule has 9 nitrogen and oxygen atoms in total. The summed E-state index contributed by atoms with van der Waals surface area (Å²) in [5, 5.41) is 13.7. The number of nitrogens with zero attached hydrogens (tertiary/aromatic N) is 4. The molecule has 2 N–H and O–H groups in total. The zero-order valence-electron chi connectivity index (χ0n) is 15.6. The Kier molecular flexibility index (Phi) is 5.52. The topological polar surface area (TPSA) is 101 Å². The first-order valence-corrected chi connectivity index (χ1v) is 9.57. The molecule has 1 atom stereocenters. The lowest BCUT2D eigenvalue weighted by atomic mass is 10.1. The first-order chi connectivity index (χ1) is 13.7. The number of carbonyl (C=O) groups is 2. The van der Waals surface area contributed by atoms with Crippen LogP contribution in [0.1, 0.15) is 34.9 Å². The molecule has 0 bridgehead atoms. The SMILES string of the molecule is O=C(NCc1ccccc1)c1cn(C2CN(C(=O)NCC3CCCO3)C2)nn1. The van der Waals surface area contributed by atoms with Gasteiger partial charge in [0.15, 0.2) is 5.69 Å². The monoisotopic (exact) mass is 384 g/mol. The molecule has 2 aliphatic heterocycles. The van der Waals surface area contributed by atoms with Gasteiger partial charge in [0.1, 0.15) is 0 Å². The Hall–Kier alpha value is -2.94. The summed E-state index contributed by atoms with van der Waals surface area (Å²) in [4.78, 5) is 26.1. The number of hydrogen-bond acceptors (Lipinski definition) is 5. The molecule has 0 spiro atoms. The molecule has 0 radical (unpaired) electrons. The van der Waals surface area contributed by atoms with Crippen molar-refractivity contribution in [1.29, 1.82) is 0 Å². The van der Waals surface area contributed by atoms with Gasteiger partial charge >= 0.3 is 6.03 Å². The summed E-state index contributed by atoms with van der Waals surface area (Å²) in [5.41, 5.74) is 1.30. The largest absolute Gasteiger partial charge is 0.376 e. The number of aromatic nitrogens is 3. The van der Waals surface area contributed by atoms with Crippen molar-refractivity contribution in [1.82, 2.24) is 30.5 Å². The number of urea groups is 1. The molecular weight excluding hydrogens is 360 g/mol. The highest BCUT2D eigenvalue weighted by molar-refractivity contribution is 5.91. The fourth-order valence-electron chi connectivity index (χ4n) is 3.33. The van der Waals surface area contributed by atoms with Gasteiger partial charge in [0, 0.05) is 32.8 Å². The van der Waals surface area contributed by atoms with Crippen LogP contribution in [0.3, 0.4) is 0 Å². The van der Waals surface area contributed by atoms with E-state index in [4.69, 9.17) is 4.74 Å². The van der Waals surface area contributed by atoms with Gasteiger partial charge in [0.25, 0.3) is 5.91 Å². The fourth-order valence-corrected chi connectivity index (χ4v) is 3.33. The van der Waals surface area contributed by atoms with Gasteiger partial charge < -0.3 is 20.3 Å². The fraction of sp³-hybridized carbons (Fsp3) is 0.474. The summed E-state index contributed by atoms with van der Waals surface area (Å²) in [6.45, 7) is 2.86. The number of rotatable bonds is 6. The van der Waals surface area contributed by atoms with E-state index in [9.17, 15) is 9.59 Å². The highest BCUT2D eigenvalue weighted by Crippen LogP contribution is 2.20.